The van der Waals surface area contributed by atoms with Crippen molar-refractivity contribution in [3.8, 4) is 0 Å². The fourth-order valence-corrected chi connectivity index (χ4v) is 1.67. The van der Waals surface area contributed by atoms with Crippen LogP contribution >= 0.6 is 11.6 Å². The van der Waals surface area contributed by atoms with E-state index in [1.165, 1.54) is 25.1 Å². The third-order valence-electron chi connectivity index (χ3n) is 2.48. The monoisotopic (exact) mass is 305 g/mol. The van der Waals surface area contributed by atoms with Gasteiger partial charge >= 0.3 is 6.18 Å². The van der Waals surface area contributed by atoms with Crippen molar-refractivity contribution >= 4 is 23.1 Å². The van der Waals surface area contributed by atoms with Gasteiger partial charge in [-0.15, -0.1) is 0 Å². The molecule has 0 saturated carbocycles. The molecule has 8 heteroatoms. The van der Waals surface area contributed by atoms with Crippen LogP contribution in [0.4, 0.5) is 29.1 Å². The Morgan fingerprint density at radius 2 is 1.90 bits per heavy atom. The molecule has 3 nitrogen and oxygen atoms in total. The topological polar surface area (TPSA) is 37.8 Å². The lowest BCUT2D eigenvalue weighted by Gasteiger charge is -2.11. The minimum absolute atomic E-state index is 0.161. The van der Waals surface area contributed by atoms with Gasteiger partial charge in [0.05, 0.1) is 0 Å². The van der Waals surface area contributed by atoms with Gasteiger partial charge in [-0.05, 0) is 19.1 Å². The Hall–Kier alpha value is -1.89. The highest BCUT2D eigenvalue weighted by molar-refractivity contribution is 6.29. The maximum Gasteiger partial charge on any atom is 0.451 e. The van der Waals surface area contributed by atoms with E-state index in [9.17, 15) is 17.6 Å². The molecule has 0 fully saturated rings. The first-order chi connectivity index (χ1) is 9.27. The van der Waals surface area contributed by atoms with Crippen LogP contribution in [-0.2, 0) is 6.18 Å². The first kappa shape index (κ1) is 14.5. The Labute approximate surface area is 116 Å². The van der Waals surface area contributed by atoms with Gasteiger partial charge in [-0.25, -0.2) is 14.4 Å². The Morgan fingerprint density at radius 1 is 1.20 bits per heavy atom. The molecule has 106 valence electrons. The number of anilines is 2. The van der Waals surface area contributed by atoms with Gasteiger partial charge in [0, 0.05) is 17.3 Å². The fourth-order valence-electron chi connectivity index (χ4n) is 1.49. The second-order valence-electron chi connectivity index (χ2n) is 3.93. The summed E-state index contributed by atoms with van der Waals surface area (Å²) in [6, 6.07) is 5.32. The molecule has 2 rings (SSSR count). The number of halogens is 5. The Bertz CT molecular complexity index is 643. The van der Waals surface area contributed by atoms with Gasteiger partial charge in [0.1, 0.15) is 16.8 Å². The van der Waals surface area contributed by atoms with Crippen molar-refractivity contribution in [1.82, 2.24) is 9.97 Å². The van der Waals surface area contributed by atoms with Gasteiger partial charge in [-0.1, -0.05) is 17.7 Å². The van der Waals surface area contributed by atoms with E-state index in [4.69, 9.17) is 11.6 Å². The van der Waals surface area contributed by atoms with Gasteiger partial charge in [0.15, 0.2) is 0 Å². The van der Waals surface area contributed by atoms with Gasteiger partial charge in [0.25, 0.3) is 0 Å². The van der Waals surface area contributed by atoms with Crippen LogP contribution in [0.1, 0.15) is 11.4 Å². The lowest BCUT2D eigenvalue weighted by molar-refractivity contribution is -0.144. The number of aromatic nitrogens is 2. The maximum atomic E-state index is 13.4. The standard InChI is InChI=1S/C12H8ClF4N3/c1-6-7(14)3-2-4-8(6)18-10-5-9(13)19-11(20-10)12(15,16)17/h2-5H,1H3,(H,18,19,20). The molecule has 0 aliphatic carbocycles. The summed E-state index contributed by atoms with van der Waals surface area (Å²) in [5.74, 6) is -2.00. The summed E-state index contributed by atoms with van der Waals surface area (Å²) in [5, 5.41) is 2.23. The number of rotatable bonds is 2. The number of hydrogen-bond acceptors (Lipinski definition) is 3. The highest BCUT2D eigenvalue weighted by Crippen LogP contribution is 2.29. The molecule has 0 saturated heterocycles. The molecule has 0 spiro atoms. The molecule has 1 aromatic carbocycles. The largest absolute Gasteiger partial charge is 0.451 e. The predicted molar refractivity (Wildman–Crippen MR) is 66.5 cm³/mol. The van der Waals surface area contributed by atoms with Gasteiger partial charge in [-0.2, -0.15) is 13.2 Å². The molecule has 1 N–H and O–H groups in total. The van der Waals surface area contributed by atoms with Gasteiger partial charge in [0.2, 0.25) is 5.82 Å². The maximum absolute atomic E-state index is 13.4. The summed E-state index contributed by atoms with van der Waals surface area (Å²) in [7, 11) is 0. The third kappa shape index (κ3) is 3.16. The molecular formula is C12H8ClF4N3. The van der Waals surface area contributed by atoms with Crippen molar-refractivity contribution in [2.45, 2.75) is 13.1 Å². The summed E-state index contributed by atoms with van der Waals surface area (Å²) in [6.45, 7) is 1.49. The minimum atomic E-state index is -4.71. The highest BCUT2D eigenvalue weighted by atomic mass is 35.5. The van der Waals surface area contributed by atoms with Gasteiger partial charge < -0.3 is 5.32 Å². The number of nitrogens with zero attached hydrogens (tertiary/aromatic N) is 2. The van der Waals surface area contributed by atoms with Crippen molar-refractivity contribution in [1.29, 1.82) is 0 Å². The SMILES string of the molecule is Cc1c(F)cccc1Nc1cc(Cl)nc(C(F)(F)F)n1. The average Bonchev–Trinajstić information content (AvgIpc) is 2.33. The molecule has 2 aromatic rings. The van der Waals surface area contributed by atoms with Crippen LogP contribution in [0.3, 0.4) is 0 Å². The lowest BCUT2D eigenvalue weighted by atomic mass is 10.2. The second-order valence-corrected chi connectivity index (χ2v) is 4.32. The van der Waals surface area contributed by atoms with E-state index in [1.54, 1.807) is 0 Å². The van der Waals surface area contributed by atoms with E-state index >= 15 is 0 Å². The zero-order valence-corrected chi connectivity index (χ0v) is 10.8. The molecule has 20 heavy (non-hydrogen) atoms. The normalized spacial score (nSPS) is 11.5. The number of alkyl halides is 3. The van der Waals surface area contributed by atoms with E-state index in [0.717, 1.165) is 6.07 Å². The molecule has 1 heterocycles. The third-order valence-corrected chi connectivity index (χ3v) is 2.67. The Morgan fingerprint density at radius 3 is 2.55 bits per heavy atom. The molecule has 1 aromatic heterocycles. The lowest BCUT2D eigenvalue weighted by Crippen LogP contribution is -2.12. The van der Waals surface area contributed by atoms with Crippen molar-refractivity contribution in [2.75, 3.05) is 5.32 Å². The van der Waals surface area contributed by atoms with Crippen LogP contribution < -0.4 is 5.32 Å². The quantitative estimate of drug-likeness (QED) is 0.662. The zero-order chi connectivity index (χ0) is 14.9. The molecule has 0 radical (unpaired) electrons. The summed E-state index contributed by atoms with van der Waals surface area (Å²) in [6.07, 6.45) is -4.71. The molecule has 0 unspecified atom stereocenters. The summed E-state index contributed by atoms with van der Waals surface area (Å²) >= 11 is 5.53. The Kier molecular flexibility index (Phi) is 3.80. The molecule has 0 bridgehead atoms. The number of benzene rings is 1. The molecule has 0 aliphatic rings. The van der Waals surface area contributed by atoms with Crippen molar-refractivity contribution in [2.24, 2.45) is 0 Å². The van der Waals surface area contributed by atoms with E-state index in [1.807, 2.05) is 0 Å². The smallest absolute Gasteiger partial charge is 0.340 e. The molecule has 0 amide bonds. The van der Waals surface area contributed by atoms with Crippen molar-refractivity contribution in [3.05, 3.63) is 46.6 Å². The van der Waals surface area contributed by atoms with E-state index in [2.05, 4.69) is 15.3 Å². The highest BCUT2D eigenvalue weighted by Gasteiger charge is 2.35. The van der Waals surface area contributed by atoms with Crippen molar-refractivity contribution < 1.29 is 17.6 Å². The van der Waals surface area contributed by atoms with E-state index in [0.29, 0.717) is 5.69 Å². The van der Waals surface area contributed by atoms with Crippen LogP contribution in [0.2, 0.25) is 5.15 Å². The zero-order valence-electron chi connectivity index (χ0n) is 10.1. The molecule has 0 atom stereocenters. The van der Waals surface area contributed by atoms with Crippen LogP contribution in [0.25, 0.3) is 0 Å². The van der Waals surface area contributed by atoms with Crippen molar-refractivity contribution in [3.63, 3.8) is 0 Å². The first-order valence-corrected chi connectivity index (χ1v) is 5.79. The first-order valence-electron chi connectivity index (χ1n) is 5.41. The summed E-state index contributed by atoms with van der Waals surface area (Å²) in [5.41, 5.74) is 0.559. The fraction of sp³-hybridized carbons (Fsp3) is 0.167. The van der Waals surface area contributed by atoms with Crippen LogP contribution in [0.5, 0.6) is 0 Å². The Balaban J connectivity index is 2.39. The predicted octanol–water partition coefficient (Wildman–Crippen LogP) is 4.34. The average molecular weight is 306 g/mol. The minimum Gasteiger partial charge on any atom is -0.340 e. The summed E-state index contributed by atoms with van der Waals surface area (Å²) in [4.78, 5) is 6.42. The van der Waals surface area contributed by atoms with Gasteiger partial charge in [-0.3, -0.25) is 0 Å². The van der Waals surface area contributed by atoms with E-state index < -0.39 is 17.8 Å². The van der Waals surface area contributed by atoms with Crippen LogP contribution in [0.15, 0.2) is 24.3 Å². The second kappa shape index (κ2) is 5.24. The van der Waals surface area contributed by atoms with E-state index in [-0.39, 0.29) is 16.5 Å². The molecule has 0 aliphatic heterocycles. The van der Waals surface area contributed by atoms with Crippen LogP contribution in [-0.4, -0.2) is 9.97 Å². The number of nitrogens with one attached hydrogen (secondary N) is 1. The molecular weight excluding hydrogens is 298 g/mol. The summed E-state index contributed by atoms with van der Waals surface area (Å²) < 4.78 is 51.0. The van der Waals surface area contributed by atoms with Crippen LogP contribution in [0, 0.1) is 12.7 Å². The number of hydrogen-bond donors (Lipinski definition) is 1.